The molecule has 0 fully saturated rings. The lowest BCUT2D eigenvalue weighted by molar-refractivity contribution is 0.560. The van der Waals surface area contributed by atoms with E-state index in [-0.39, 0.29) is 10.7 Å². The fourth-order valence-corrected chi connectivity index (χ4v) is 2.89. The molecule has 1 heterocycles. The van der Waals surface area contributed by atoms with E-state index in [4.69, 9.17) is 5.84 Å². The Balaban J connectivity index is 2.28. The average Bonchev–Trinajstić information content (AvgIpc) is 2.92. The fourth-order valence-electron chi connectivity index (χ4n) is 1.52. The van der Waals surface area contributed by atoms with Crippen molar-refractivity contribution in [3.05, 3.63) is 30.1 Å². The Hall–Kier alpha value is -2.04. The lowest BCUT2D eigenvalue weighted by Gasteiger charge is -2.13. The maximum Gasteiger partial charge on any atom is 0.243 e. The molecule has 0 radical (unpaired) electrons. The minimum atomic E-state index is -3.74. The molecule has 0 amide bonds. The van der Waals surface area contributed by atoms with Crippen molar-refractivity contribution < 1.29 is 8.42 Å². The number of nitrogens with zero attached hydrogens (tertiary/aromatic N) is 3. The molecule has 1 aromatic carbocycles. The van der Waals surface area contributed by atoms with Gasteiger partial charge in [-0.3, -0.25) is 5.84 Å². The summed E-state index contributed by atoms with van der Waals surface area (Å²) in [7, 11) is -3.74. The number of hydrogen-bond acceptors (Lipinski definition) is 7. The van der Waals surface area contributed by atoms with Crippen molar-refractivity contribution in [2.75, 3.05) is 5.43 Å². The van der Waals surface area contributed by atoms with E-state index in [9.17, 15) is 8.42 Å². The summed E-state index contributed by atoms with van der Waals surface area (Å²) in [6, 6.07) is 5.67. The molecular weight excluding hydrogens is 270 g/mol. The van der Waals surface area contributed by atoms with Gasteiger partial charge in [0.25, 0.3) is 0 Å². The topological polar surface area (TPSA) is 139 Å². The maximum atomic E-state index is 12.2. The standard InChI is InChI=1S/C9H13N7O2S/c1-6(9-12-15-16-13-9)14-19(17,18)8-5-3-2-4-7(8)11-10/h2-6,11,14H,10H2,1H3,(H,12,13,15,16). The van der Waals surface area contributed by atoms with Gasteiger partial charge in [0.2, 0.25) is 10.0 Å². The number of anilines is 1. The van der Waals surface area contributed by atoms with Gasteiger partial charge in [-0.1, -0.05) is 17.3 Å². The minimum Gasteiger partial charge on any atom is -0.323 e. The number of para-hydroxylation sites is 1. The Morgan fingerprint density at radius 3 is 2.74 bits per heavy atom. The monoisotopic (exact) mass is 283 g/mol. The van der Waals surface area contributed by atoms with E-state index < -0.39 is 16.1 Å². The normalized spacial score (nSPS) is 13.2. The van der Waals surface area contributed by atoms with E-state index in [1.165, 1.54) is 6.07 Å². The molecule has 0 aliphatic rings. The second kappa shape index (κ2) is 5.30. The Bertz CT molecular complexity index is 640. The molecule has 10 heteroatoms. The first kappa shape index (κ1) is 13.4. The largest absolute Gasteiger partial charge is 0.323 e. The highest BCUT2D eigenvalue weighted by Gasteiger charge is 2.22. The lowest BCUT2D eigenvalue weighted by atomic mass is 10.3. The zero-order valence-electron chi connectivity index (χ0n) is 10.0. The smallest absolute Gasteiger partial charge is 0.243 e. The van der Waals surface area contributed by atoms with Gasteiger partial charge in [0.05, 0.1) is 11.7 Å². The number of nitrogens with one attached hydrogen (secondary N) is 3. The van der Waals surface area contributed by atoms with Crippen molar-refractivity contribution in [1.29, 1.82) is 0 Å². The lowest BCUT2D eigenvalue weighted by Crippen LogP contribution is -2.28. The molecule has 0 aliphatic carbocycles. The molecule has 9 nitrogen and oxygen atoms in total. The molecule has 19 heavy (non-hydrogen) atoms. The summed E-state index contributed by atoms with van der Waals surface area (Å²) in [6.45, 7) is 1.61. The van der Waals surface area contributed by atoms with Crippen molar-refractivity contribution in [3.8, 4) is 0 Å². The Labute approximate surface area is 109 Å². The second-order valence-corrected chi connectivity index (χ2v) is 5.44. The highest BCUT2D eigenvalue weighted by atomic mass is 32.2. The van der Waals surface area contributed by atoms with Crippen LogP contribution in [0.4, 0.5) is 5.69 Å². The highest BCUT2D eigenvalue weighted by molar-refractivity contribution is 7.89. The number of aromatic amines is 1. The summed E-state index contributed by atoms with van der Waals surface area (Å²) >= 11 is 0. The van der Waals surface area contributed by atoms with Gasteiger partial charge in [-0.05, 0) is 19.1 Å². The molecule has 0 saturated heterocycles. The van der Waals surface area contributed by atoms with Crippen molar-refractivity contribution in [1.82, 2.24) is 25.3 Å². The number of tetrazole rings is 1. The van der Waals surface area contributed by atoms with Crippen molar-refractivity contribution in [2.24, 2.45) is 5.84 Å². The maximum absolute atomic E-state index is 12.2. The number of nitrogen functional groups attached to an aromatic ring is 1. The fraction of sp³-hybridized carbons (Fsp3) is 0.222. The number of sulfonamides is 1. The van der Waals surface area contributed by atoms with Gasteiger partial charge < -0.3 is 5.43 Å². The third kappa shape index (κ3) is 2.86. The summed E-state index contributed by atoms with van der Waals surface area (Å²) < 4.78 is 26.9. The summed E-state index contributed by atoms with van der Waals surface area (Å²) in [6.07, 6.45) is 0. The minimum absolute atomic E-state index is 0.0489. The van der Waals surface area contributed by atoms with Gasteiger partial charge in [-0.2, -0.15) is 5.21 Å². The van der Waals surface area contributed by atoms with Crippen molar-refractivity contribution >= 4 is 15.7 Å². The molecule has 102 valence electrons. The highest BCUT2D eigenvalue weighted by Crippen LogP contribution is 2.21. The molecular formula is C9H13N7O2S. The van der Waals surface area contributed by atoms with Crippen LogP contribution in [0.15, 0.2) is 29.2 Å². The summed E-state index contributed by atoms with van der Waals surface area (Å²) in [4.78, 5) is 0.0489. The van der Waals surface area contributed by atoms with Crippen molar-refractivity contribution in [3.63, 3.8) is 0 Å². The molecule has 0 saturated carbocycles. The molecule has 1 unspecified atom stereocenters. The van der Waals surface area contributed by atoms with Gasteiger partial charge in [0.15, 0.2) is 5.82 Å². The van der Waals surface area contributed by atoms with Gasteiger partial charge in [-0.25, -0.2) is 13.1 Å². The van der Waals surface area contributed by atoms with Gasteiger partial charge in [0.1, 0.15) is 4.90 Å². The SMILES string of the molecule is CC(NS(=O)(=O)c1ccccc1NN)c1nn[nH]n1. The van der Waals surface area contributed by atoms with Crippen LogP contribution in [0.2, 0.25) is 0 Å². The first-order chi connectivity index (χ1) is 9.04. The molecule has 0 spiro atoms. The third-order valence-electron chi connectivity index (χ3n) is 2.41. The van der Waals surface area contributed by atoms with E-state index in [0.29, 0.717) is 5.69 Å². The van der Waals surface area contributed by atoms with E-state index >= 15 is 0 Å². The van der Waals surface area contributed by atoms with Crippen LogP contribution in [0, 0.1) is 0 Å². The number of aromatic nitrogens is 4. The van der Waals surface area contributed by atoms with Crippen LogP contribution < -0.4 is 16.0 Å². The summed E-state index contributed by atoms with van der Waals surface area (Å²) in [5.41, 5.74) is 2.64. The van der Waals surface area contributed by atoms with Gasteiger partial charge in [0, 0.05) is 0 Å². The van der Waals surface area contributed by atoms with E-state index in [2.05, 4.69) is 30.8 Å². The number of H-pyrrole nitrogens is 1. The van der Waals surface area contributed by atoms with Crippen LogP contribution in [-0.4, -0.2) is 29.0 Å². The number of rotatable bonds is 5. The number of hydrogen-bond donors (Lipinski definition) is 4. The summed E-state index contributed by atoms with van der Waals surface area (Å²) in [5, 5.41) is 13.1. The Morgan fingerprint density at radius 1 is 1.37 bits per heavy atom. The number of benzene rings is 1. The molecule has 1 aromatic heterocycles. The van der Waals surface area contributed by atoms with E-state index in [0.717, 1.165) is 0 Å². The molecule has 5 N–H and O–H groups in total. The van der Waals surface area contributed by atoms with Crippen LogP contribution in [0.1, 0.15) is 18.8 Å². The van der Waals surface area contributed by atoms with Gasteiger partial charge in [-0.15, -0.1) is 10.2 Å². The summed E-state index contributed by atoms with van der Waals surface area (Å²) in [5.74, 6) is 5.54. The Morgan fingerprint density at radius 2 is 2.11 bits per heavy atom. The first-order valence-corrected chi connectivity index (χ1v) is 6.84. The van der Waals surface area contributed by atoms with E-state index in [1.54, 1.807) is 25.1 Å². The molecule has 2 rings (SSSR count). The zero-order chi connectivity index (χ0) is 13.9. The zero-order valence-corrected chi connectivity index (χ0v) is 10.8. The van der Waals surface area contributed by atoms with Crippen LogP contribution in [0.25, 0.3) is 0 Å². The third-order valence-corrected chi connectivity index (χ3v) is 4.01. The predicted molar refractivity (Wildman–Crippen MR) is 67.2 cm³/mol. The van der Waals surface area contributed by atoms with Crippen LogP contribution >= 0.6 is 0 Å². The van der Waals surface area contributed by atoms with Crippen LogP contribution in [0.5, 0.6) is 0 Å². The molecule has 1 atom stereocenters. The number of nitrogens with two attached hydrogens (primary N) is 1. The van der Waals surface area contributed by atoms with E-state index in [1.807, 2.05) is 0 Å². The second-order valence-electron chi connectivity index (χ2n) is 3.75. The average molecular weight is 283 g/mol. The Kier molecular flexibility index (Phi) is 3.74. The molecule has 2 aromatic rings. The van der Waals surface area contributed by atoms with Crippen LogP contribution in [-0.2, 0) is 10.0 Å². The van der Waals surface area contributed by atoms with Crippen molar-refractivity contribution in [2.45, 2.75) is 17.9 Å². The van der Waals surface area contributed by atoms with Crippen LogP contribution in [0.3, 0.4) is 0 Å². The molecule has 0 bridgehead atoms. The molecule has 0 aliphatic heterocycles. The number of hydrazine groups is 1. The van der Waals surface area contributed by atoms with Gasteiger partial charge >= 0.3 is 0 Å². The quantitative estimate of drug-likeness (QED) is 0.429. The predicted octanol–water partition coefficient (Wildman–Crippen LogP) is -0.475. The first-order valence-electron chi connectivity index (χ1n) is 5.36.